The van der Waals surface area contributed by atoms with Gasteiger partial charge in [-0.25, -0.2) is 4.39 Å². The summed E-state index contributed by atoms with van der Waals surface area (Å²) >= 11 is 0. The Morgan fingerprint density at radius 3 is 2.17 bits per heavy atom. The van der Waals surface area contributed by atoms with Crippen LogP contribution in [0.5, 0.6) is 0 Å². The van der Waals surface area contributed by atoms with E-state index in [1.807, 2.05) is 13.8 Å². The molecule has 8 N–H and O–H groups in total. The van der Waals surface area contributed by atoms with Gasteiger partial charge in [0.25, 0.3) is 0 Å². The zero-order valence-corrected chi connectivity index (χ0v) is 27.4. The van der Waals surface area contributed by atoms with Crippen molar-refractivity contribution >= 4 is 11.6 Å². The molecule has 17 atom stereocenters. The molecule has 1 unspecified atom stereocenters. The molecule has 48 heavy (non-hydrogen) atoms. The van der Waals surface area contributed by atoms with Crippen LogP contribution in [0.1, 0.15) is 52.9 Å². The van der Waals surface area contributed by atoms with E-state index >= 15 is 4.39 Å². The number of halogens is 1. The van der Waals surface area contributed by atoms with E-state index in [1.54, 1.807) is 6.92 Å². The summed E-state index contributed by atoms with van der Waals surface area (Å²) in [6.07, 6.45) is -10.8. The second-order valence-corrected chi connectivity index (χ2v) is 15.3. The molecule has 0 aromatic carbocycles. The van der Waals surface area contributed by atoms with E-state index in [1.165, 1.54) is 12.2 Å². The maximum absolute atomic E-state index is 18.3. The molecule has 5 fully saturated rings. The Kier molecular flexibility index (Phi) is 9.64. The average Bonchev–Trinajstić information content (AvgIpc) is 3.32. The second kappa shape index (κ2) is 12.8. The monoisotopic (exact) mass is 684 g/mol. The Morgan fingerprint density at radius 2 is 1.52 bits per heavy atom. The molecule has 0 spiro atoms. The molecule has 6 aliphatic rings. The molecule has 6 rings (SSSR count). The smallest absolute Gasteiger partial charge is 0.187 e. The van der Waals surface area contributed by atoms with Crippen molar-refractivity contribution in [3.8, 4) is 0 Å². The van der Waals surface area contributed by atoms with E-state index in [9.17, 15) is 50.4 Å². The largest absolute Gasteiger partial charge is 0.394 e. The van der Waals surface area contributed by atoms with Crippen molar-refractivity contribution in [2.24, 2.45) is 34.5 Å². The van der Waals surface area contributed by atoms with E-state index in [2.05, 4.69) is 0 Å². The lowest BCUT2D eigenvalue weighted by Gasteiger charge is -2.62. The first kappa shape index (κ1) is 36.1. The molecule has 0 aromatic heterocycles. The number of hydrogen-bond acceptors (Lipinski definition) is 13. The molecule has 270 valence electrons. The number of carbonyl (C=O) groups is 2. The summed E-state index contributed by atoms with van der Waals surface area (Å²) in [7, 11) is 0. The quantitative estimate of drug-likeness (QED) is 0.159. The highest BCUT2D eigenvalue weighted by molar-refractivity contribution is 6.02. The Balaban J connectivity index is 1.26. The third-order valence-electron chi connectivity index (χ3n) is 13.0. The lowest BCUT2D eigenvalue weighted by Crippen LogP contribution is -2.65. The van der Waals surface area contributed by atoms with Crippen molar-refractivity contribution < 1.29 is 69.0 Å². The zero-order chi connectivity index (χ0) is 35.1. The van der Waals surface area contributed by atoms with Gasteiger partial charge in [-0.15, -0.1) is 0 Å². The number of aliphatic hydroxyl groups excluding tert-OH is 8. The van der Waals surface area contributed by atoms with Crippen molar-refractivity contribution in [3.63, 3.8) is 0 Å². The molecule has 0 aromatic rings. The number of rotatable bonds is 7. The van der Waals surface area contributed by atoms with Crippen LogP contribution in [0.15, 0.2) is 23.3 Å². The zero-order valence-electron chi connectivity index (χ0n) is 27.4. The second-order valence-electron chi connectivity index (χ2n) is 15.3. The van der Waals surface area contributed by atoms with Crippen LogP contribution in [0.4, 0.5) is 4.39 Å². The number of allylic oxidation sites excluding steroid dienone is 3. The minimum Gasteiger partial charge on any atom is -0.394 e. The SMILES string of the molecule is CC1C[C@H]2[C@@H]3CCC4=CC(=O)C=C([C@@H]5O[C@H](CO)[C@H](O)[C@H](O)[C@H]5O)[C@]4(C)[C@@]3(F)CC[C@]2(C)[C@H]1C(=O)CO[C@@H]1O[C@H](CO)[C@H](O)[C@H](O)[C@H]1O. The van der Waals surface area contributed by atoms with Crippen LogP contribution in [0, 0.1) is 34.5 Å². The van der Waals surface area contributed by atoms with E-state index in [4.69, 9.17) is 14.2 Å². The number of aliphatic hydroxyl groups is 8. The molecule has 2 aliphatic heterocycles. The Labute approximate surface area is 278 Å². The molecular formula is C34H49FO13. The van der Waals surface area contributed by atoms with Gasteiger partial charge in [-0.1, -0.05) is 19.4 Å². The molecule has 4 aliphatic carbocycles. The number of ketones is 2. The fraction of sp³-hybridized carbons (Fsp3) is 0.824. The van der Waals surface area contributed by atoms with Gasteiger partial charge in [-0.3, -0.25) is 9.59 Å². The van der Waals surface area contributed by atoms with Crippen molar-refractivity contribution in [2.45, 2.75) is 120 Å². The number of fused-ring (bicyclic) bond motifs is 5. The van der Waals surface area contributed by atoms with Crippen LogP contribution in [-0.4, -0.2) is 139 Å². The number of carbonyl (C=O) groups excluding carboxylic acids is 2. The number of ether oxygens (including phenoxy) is 3. The summed E-state index contributed by atoms with van der Waals surface area (Å²) in [5.41, 5.74) is -3.28. The molecular weight excluding hydrogens is 635 g/mol. The summed E-state index contributed by atoms with van der Waals surface area (Å²) in [6.45, 7) is 3.85. The van der Waals surface area contributed by atoms with Gasteiger partial charge in [0, 0.05) is 11.3 Å². The predicted octanol–water partition coefficient (Wildman–Crippen LogP) is -1.15. The topological polar surface area (TPSA) is 224 Å². The third kappa shape index (κ3) is 5.21. The standard InChI is InChI=1S/C34H49FO13/c1-14-8-18-17-5-4-15-9-16(38)10-19(30-28(44)26(42)24(40)21(11-36)47-30)33(15,3)34(17,35)7-6-32(18,2)23(14)20(39)13-46-31-29(45)27(43)25(41)22(12-37)48-31/h9-10,14,17-18,21-31,36-37,40-45H,4-8,11-13H2,1-3H3/t14?,17-,18-,21+,22+,23+,24-,25-,26-,27-,28+,29+,30-,31+,32-,33+,34+/m0/s1. The van der Waals surface area contributed by atoms with Crippen LogP contribution in [0.3, 0.4) is 0 Å². The minimum absolute atomic E-state index is 0.0194. The summed E-state index contributed by atoms with van der Waals surface area (Å²) < 4.78 is 35.2. The predicted molar refractivity (Wildman–Crippen MR) is 162 cm³/mol. The van der Waals surface area contributed by atoms with Crippen molar-refractivity contribution in [1.29, 1.82) is 0 Å². The Hall–Kier alpha value is -1.69. The van der Waals surface area contributed by atoms with Crippen LogP contribution in [0.2, 0.25) is 0 Å². The maximum atomic E-state index is 18.3. The van der Waals surface area contributed by atoms with Gasteiger partial charge in [0.15, 0.2) is 17.9 Å². The third-order valence-corrected chi connectivity index (χ3v) is 13.0. The maximum Gasteiger partial charge on any atom is 0.187 e. The highest BCUT2D eigenvalue weighted by Gasteiger charge is 2.70. The molecule has 2 heterocycles. The van der Waals surface area contributed by atoms with Gasteiger partial charge >= 0.3 is 0 Å². The average molecular weight is 685 g/mol. The van der Waals surface area contributed by atoms with Gasteiger partial charge in [0.05, 0.1) is 13.2 Å². The van der Waals surface area contributed by atoms with E-state index in [0.717, 1.165) is 0 Å². The molecule has 0 amide bonds. The molecule has 14 heteroatoms. The number of Topliss-reactive ketones (excluding diaryl/α,β-unsaturated/α-hetero) is 1. The highest BCUT2D eigenvalue weighted by atomic mass is 19.1. The molecule has 0 bridgehead atoms. The van der Waals surface area contributed by atoms with Gasteiger partial charge in [0.1, 0.15) is 67.2 Å². The van der Waals surface area contributed by atoms with Crippen molar-refractivity contribution in [3.05, 3.63) is 23.3 Å². The molecule has 0 radical (unpaired) electrons. The van der Waals surface area contributed by atoms with Gasteiger partial charge in [-0.05, 0) is 79.9 Å². The lowest BCUT2D eigenvalue weighted by atomic mass is 9.44. The lowest BCUT2D eigenvalue weighted by molar-refractivity contribution is -0.299. The Bertz CT molecular complexity index is 1340. The van der Waals surface area contributed by atoms with E-state index in [0.29, 0.717) is 31.3 Å². The van der Waals surface area contributed by atoms with Gasteiger partial charge < -0.3 is 55.1 Å². The van der Waals surface area contributed by atoms with E-state index in [-0.39, 0.29) is 29.6 Å². The van der Waals surface area contributed by atoms with Crippen LogP contribution >= 0.6 is 0 Å². The Morgan fingerprint density at radius 1 is 0.896 bits per heavy atom. The fourth-order valence-electron chi connectivity index (χ4n) is 10.5. The number of alkyl halides is 1. The van der Waals surface area contributed by atoms with Gasteiger partial charge in [-0.2, -0.15) is 0 Å². The van der Waals surface area contributed by atoms with Crippen LogP contribution in [-0.2, 0) is 23.8 Å². The van der Waals surface area contributed by atoms with Gasteiger partial charge in [0.2, 0.25) is 0 Å². The highest BCUT2D eigenvalue weighted by Crippen LogP contribution is 2.71. The van der Waals surface area contributed by atoms with Crippen molar-refractivity contribution in [1.82, 2.24) is 0 Å². The first-order valence-corrected chi connectivity index (χ1v) is 17.0. The summed E-state index contributed by atoms with van der Waals surface area (Å²) in [5, 5.41) is 82.0. The molecule has 13 nitrogen and oxygen atoms in total. The number of hydrogen-bond donors (Lipinski definition) is 8. The normalized spacial score (nSPS) is 52.1. The summed E-state index contributed by atoms with van der Waals surface area (Å²) in [6, 6.07) is 0. The fourth-order valence-corrected chi connectivity index (χ4v) is 10.5. The minimum atomic E-state index is -1.93. The molecule has 2 saturated heterocycles. The van der Waals surface area contributed by atoms with Crippen molar-refractivity contribution in [2.75, 3.05) is 19.8 Å². The summed E-state index contributed by atoms with van der Waals surface area (Å²) in [5.74, 6) is -2.17. The van der Waals surface area contributed by atoms with Crippen LogP contribution in [0.25, 0.3) is 0 Å². The first-order valence-electron chi connectivity index (χ1n) is 17.0. The van der Waals surface area contributed by atoms with Crippen LogP contribution < -0.4 is 0 Å². The summed E-state index contributed by atoms with van der Waals surface area (Å²) in [4.78, 5) is 26.8. The molecule has 3 saturated carbocycles. The van der Waals surface area contributed by atoms with E-state index < -0.39 is 115 Å². The first-order chi connectivity index (χ1) is 22.5.